The van der Waals surface area contributed by atoms with E-state index in [1.165, 1.54) is 0 Å². The standard InChI is InChI=1S/C14H18N2O2/c1-10-9-16(5-6-18-10)14-7-12(8-15)3-4-13(14)11(2)17/h3-4,7,10-11,17H,5-6,9H2,1-2H3/t10?,11-/m0/s1. The molecule has 1 fully saturated rings. The predicted molar refractivity (Wildman–Crippen MR) is 69.4 cm³/mol. The van der Waals surface area contributed by atoms with Crippen molar-refractivity contribution < 1.29 is 9.84 Å². The summed E-state index contributed by atoms with van der Waals surface area (Å²) in [5, 5.41) is 18.8. The number of aliphatic hydroxyl groups excluding tert-OH is 1. The van der Waals surface area contributed by atoms with Crippen molar-refractivity contribution in [3.05, 3.63) is 29.3 Å². The smallest absolute Gasteiger partial charge is 0.0992 e. The van der Waals surface area contributed by atoms with E-state index in [4.69, 9.17) is 10.00 Å². The molecule has 0 amide bonds. The Labute approximate surface area is 107 Å². The first-order valence-electron chi connectivity index (χ1n) is 6.20. The summed E-state index contributed by atoms with van der Waals surface area (Å²) < 4.78 is 5.52. The second kappa shape index (κ2) is 5.38. The molecule has 4 heteroatoms. The molecule has 0 bridgehead atoms. The monoisotopic (exact) mass is 246 g/mol. The third kappa shape index (κ3) is 2.63. The minimum absolute atomic E-state index is 0.173. The lowest BCUT2D eigenvalue weighted by atomic mass is 10.0. The van der Waals surface area contributed by atoms with Crippen LogP contribution in [0.4, 0.5) is 5.69 Å². The first-order chi connectivity index (χ1) is 8.61. The van der Waals surface area contributed by atoms with Crippen molar-refractivity contribution in [1.82, 2.24) is 0 Å². The summed E-state index contributed by atoms with van der Waals surface area (Å²) in [7, 11) is 0. The van der Waals surface area contributed by atoms with Crippen LogP contribution in [0.15, 0.2) is 18.2 Å². The van der Waals surface area contributed by atoms with Crippen molar-refractivity contribution >= 4 is 5.69 Å². The molecule has 1 saturated heterocycles. The zero-order valence-corrected chi connectivity index (χ0v) is 10.8. The second-order valence-electron chi connectivity index (χ2n) is 4.69. The van der Waals surface area contributed by atoms with Gasteiger partial charge in [0, 0.05) is 24.3 Å². The number of anilines is 1. The van der Waals surface area contributed by atoms with Crippen LogP contribution in [0.25, 0.3) is 0 Å². The molecular weight excluding hydrogens is 228 g/mol. The number of benzene rings is 1. The Bertz CT molecular complexity index is 465. The second-order valence-corrected chi connectivity index (χ2v) is 4.69. The molecule has 0 aliphatic carbocycles. The predicted octanol–water partition coefficient (Wildman–Crippen LogP) is 1.84. The molecule has 1 aliphatic rings. The maximum Gasteiger partial charge on any atom is 0.0992 e. The highest BCUT2D eigenvalue weighted by molar-refractivity contribution is 5.58. The van der Waals surface area contributed by atoms with Gasteiger partial charge in [-0.25, -0.2) is 0 Å². The molecule has 2 atom stereocenters. The number of rotatable bonds is 2. The molecule has 2 rings (SSSR count). The summed E-state index contributed by atoms with van der Waals surface area (Å²) in [5.41, 5.74) is 2.43. The van der Waals surface area contributed by atoms with Gasteiger partial charge in [-0.15, -0.1) is 0 Å². The summed E-state index contributed by atoms with van der Waals surface area (Å²) in [6, 6.07) is 7.57. The molecule has 1 unspecified atom stereocenters. The highest BCUT2D eigenvalue weighted by Gasteiger charge is 2.21. The van der Waals surface area contributed by atoms with Crippen molar-refractivity contribution in [2.45, 2.75) is 26.1 Å². The Balaban J connectivity index is 2.37. The maximum atomic E-state index is 9.82. The zero-order valence-electron chi connectivity index (χ0n) is 10.8. The van der Waals surface area contributed by atoms with Gasteiger partial charge in [0.1, 0.15) is 0 Å². The molecule has 1 aliphatic heterocycles. The number of ether oxygens (including phenoxy) is 1. The summed E-state index contributed by atoms with van der Waals surface area (Å²) >= 11 is 0. The lowest BCUT2D eigenvalue weighted by Gasteiger charge is -2.34. The molecule has 0 saturated carbocycles. The van der Waals surface area contributed by atoms with Crippen LogP contribution in [-0.2, 0) is 4.74 Å². The van der Waals surface area contributed by atoms with Crippen LogP contribution in [0.1, 0.15) is 31.1 Å². The summed E-state index contributed by atoms with van der Waals surface area (Å²) in [4.78, 5) is 2.18. The van der Waals surface area contributed by atoms with Gasteiger partial charge in [0.2, 0.25) is 0 Å². The van der Waals surface area contributed by atoms with Crippen LogP contribution in [-0.4, -0.2) is 30.9 Å². The van der Waals surface area contributed by atoms with Crippen molar-refractivity contribution in [2.24, 2.45) is 0 Å². The fourth-order valence-corrected chi connectivity index (χ4v) is 2.28. The summed E-state index contributed by atoms with van der Waals surface area (Å²) in [5.74, 6) is 0. The largest absolute Gasteiger partial charge is 0.389 e. The van der Waals surface area contributed by atoms with Crippen LogP contribution < -0.4 is 4.90 Å². The molecule has 1 heterocycles. The third-order valence-corrected chi connectivity index (χ3v) is 3.19. The van der Waals surface area contributed by atoms with Gasteiger partial charge < -0.3 is 14.7 Å². The summed E-state index contributed by atoms with van der Waals surface area (Å²) in [6.45, 7) is 6.03. The highest BCUT2D eigenvalue weighted by Crippen LogP contribution is 2.28. The van der Waals surface area contributed by atoms with E-state index in [-0.39, 0.29) is 6.10 Å². The quantitative estimate of drug-likeness (QED) is 0.865. The van der Waals surface area contributed by atoms with Gasteiger partial charge in [-0.05, 0) is 26.0 Å². The molecular formula is C14H18N2O2. The van der Waals surface area contributed by atoms with Gasteiger partial charge in [0.05, 0.1) is 30.4 Å². The number of morpholine rings is 1. The van der Waals surface area contributed by atoms with Crippen LogP contribution in [0.2, 0.25) is 0 Å². The van der Waals surface area contributed by atoms with Crippen molar-refractivity contribution in [1.29, 1.82) is 5.26 Å². The van der Waals surface area contributed by atoms with Gasteiger partial charge in [0.25, 0.3) is 0 Å². The third-order valence-electron chi connectivity index (χ3n) is 3.19. The van der Waals surface area contributed by atoms with Gasteiger partial charge in [-0.2, -0.15) is 5.26 Å². The Morgan fingerprint density at radius 1 is 1.56 bits per heavy atom. The average Bonchev–Trinajstić information content (AvgIpc) is 2.38. The number of nitriles is 1. The zero-order chi connectivity index (χ0) is 13.1. The molecule has 0 aromatic heterocycles. The Morgan fingerprint density at radius 2 is 2.33 bits per heavy atom. The van der Waals surface area contributed by atoms with Crippen molar-refractivity contribution in [2.75, 3.05) is 24.6 Å². The van der Waals surface area contributed by atoms with Gasteiger partial charge in [-0.1, -0.05) is 6.07 Å². The molecule has 18 heavy (non-hydrogen) atoms. The number of nitrogens with zero attached hydrogens (tertiary/aromatic N) is 2. The number of hydrogen-bond acceptors (Lipinski definition) is 4. The van der Waals surface area contributed by atoms with E-state index in [2.05, 4.69) is 11.0 Å². The minimum Gasteiger partial charge on any atom is -0.389 e. The number of hydrogen-bond donors (Lipinski definition) is 1. The topological polar surface area (TPSA) is 56.5 Å². The van der Waals surface area contributed by atoms with Crippen LogP contribution in [0.3, 0.4) is 0 Å². The molecule has 1 aromatic carbocycles. The van der Waals surface area contributed by atoms with Gasteiger partial charge in [0.15, 0.2) is 0 Å². The first-order valence-corrected chi connectivity index (χ1v) is 6.20. The highest BCUT2D eigenvalue weighted by atomic mass is 16.5. The van der Waals surface area contributed by atoms with Crippen LogP contribution in [0.5, 0.6) is 0 Å². The van der Waals surface area contributed by atoms with E-state index < -0.39 is 6.10 Å². The van der Waals surface area contributed by atoms with E-state index in [0.29, 0.717) is 12.2 Å². The SMILES string of the molecule is CC1CN(c2cc(C#N)ccc2[C@H](C)O)CCO1. The minimum atomic E-state index is -0.536. The molecule has 0 spiro atoms. The summed E-state index contributed by atoms with van der Waals surface area (Å²) in [6.07, 6.45) is -0.364. The first kappa shape index (κ1) is 12.9. The van der Waals surface area contributed by atoms with E-state index in [1.54, 1.807) is 13.0 Å². The Hall–Kier alpha value is -1.57. The fourth-order valence-electron chi connectivity index (χ4n) is 2.28. The normalized spacial score (nSPS) is 21.4. The van der Waals surface area contributed by atoms with Crippen molar-refractivity contribution in [3.8, 4) is 6.07 Å². The molecule has 1 aromatic rings. The van der Waals surface area contributed by atoms with Gasteiger partial charge >= 0.3 is 0 Å². The average molecular weight is 246 g/mol. The van der Waals surface area contributed by atoms with Gasteiger partial charge in [-0.3, -0.25) is 0 Å². The Morgan fingerprint density at radius 3 is 2.94 bits per heavy atom. The molecule has 0 radical (unpaired) electrons. The lowest BCUT2D eigenvalue weighted by Crippen LogP contribution is -2.41. The molecule has 96 valence electrons. The molecule has 4 nitrogen and oxygen atoms in total. The van der Waals surface area contributed by atoms with Crippen LogP contribution >= 0.6 is 0 Å². The van der Waals surface area contributed by atoms with E-state index in [1.807, 2.05) is 19.1 Å². The fraction of sp³-hybridized carbons (Fsp3) is 0.500. The van der Waals surface area contributed by atoms with Crippen molar-refractivity contribution in [3.63, 3.8) is 0 Å². The van der Waals surface area contributed by atoms with E-state index >= 15 is 0 Å². The Kier molecular flexibility index (Phi) is 3.85. The lowest BCUT2D eigenvalue weighted by molar-refractivity contribution is 0.0529. The molecule has 1 N–H and O–H groups in total. The maximum absolute atomic E-state index is 9.82. The van der Waals surface area contributed by atoms with E-state index in [0.717, 1.165) is 24.3 Å². The number of aliphatic hydroxyl groups is 1. The van der Waals surface area contributed by atoms with Crippen LogP contribution in [0, 0.1) is 11.3 Å². The van der Waals surface area contributed by atoms with E-state index in [9.17, 15) is 5.11 Å².